The van der Waals surface area contributed by atoms with Gasteiger partial charge in [-0.15, -0.1) is 0 Å². The van der Waals surface area contributed by atoms with Gasteiger partial charge in [0, 0.05) is 4.83 Å². The molecule has 0 bridgehead atoms. The molecule has 1 aromatic carbocycles. The van der Waals surface area contributed by atoms with E-state index in [2.05, 4.69) is 28.9 Å². The molecule has 1 atom stereocenters. The molecule has 1 saturated carbocycles. The summed E-state index contributed by atoms with van der Waals surface area (Å²) in [6.07, 6.45) is 6.60. The minimum absolute atomic E-state index is 0.343. The smallest absolute Gasteiger partial charge is 0.0595 e. The molecule has 0 amide bonds. The highest BCUT2D eigenvalue weighted by Crippen LogP contribution is 2.50. The van der Waals surface area contributed by atoms with E-state index in [1.807, 2.05) is 12.1 Å². The molecule has 17 heavy (non-hydrogen) atoms. The predicted molar refractivity (Wildman–Crippen MR) is 79.3 cm³/mol. The van der Waals surface area contributed by atoms with Gasteiger partial charge in [-0.1, -0.05) is 71.4 Å². The van der Waals surface area contributed by atoms with Crippen LogP contribution in [0.15, 0.2) is 18.2 Å². The van der Waals surface area contributed by atoms with E-state index in [1.165, 1.54) is 37.7 Å². The predicted octanol–water partition coefficient (Wildman–Crippen LogP) is 6.40. The van der Waals surface area contributed by atoms with Gasteiger partial charge in [0.1, 0.15) is 0 Å². The zero-order chi connectivity index (χ0) is 12.5. The summed E-state index contributed by atoms with van der Waals surface area (Å²) >= 11 is 15.9. The molecule has 0 radical (unpaired) electrons. The van der Waals surface area contributed by atoms with E-state index in [-0.39, 0.29) is 0 Å². The highest BCUT2D eigenvalue weighted by Gasteiger charge is 2.34. The molecule has 0 aromatic heterocycles. The SMILES string of the molecule is CC1(C(Br)c2ccc(Cl)c(Cl)c2)CCCCC1. The lowest BCUT2D eigenvalue weighted by atomic mass is 9.72. The maximum atomic E-state index is 6.09. The van der Waals surface area contributed by atoms with Gasteiger partial charge in [0.15, 0.2) is 0 Å². The van der Waals surface area contributed by atoms with Crippen molar-refractivity contribution in [2.24, 2.45) is 5.41 Å². The van der Waals surface area contributed by atoms with E-state index in [4.69, 9.17) is 23.2 Å². The summed E-state index contributed by atoms with van der Waals surface area (Å²) < 4.78 is 0. The Bertz CT molecular complexity index is 397. The molecule has 1 unspecified atom stereocenters. The first-order valence-corrected chi connectivity index (χ1v) is 7.79. The van der Waals surface area contributed by atoms with Gasteiger partial charge in [-0.3, -0.25) is 0 Å². The largest absolute Gasteiger partial charge is 0.0833 e. The molecule has 0 heterocycles. The van der Waals surface area contributed by atoms with E-state index in [9.17, 15) is 0 Å². The lowest BCUT2D eigenvalue weighted by Gasteiger charge is -2.38. The molecule has 1 fully saturated rings. The number of alkyl halides is 1. The minimum atomic E-state index is 0.343. The Kier molecular flexibility index (Phi) is 4.44. The van der Waals surface area contributed by atoms with Crippen molar-refractivity contribution in [3.8, 4) is 0 Å². The number of hydrogen-bond donors (Lipinski definition) is 0. The van der Waals surface area contributed by atoms with Crippen LogP contribution in [0.1, 0.15) is 49.4 Å². The van der Waals surface area contributed by atoms with Gasteiger partial charge >= 0.3 is 0 Å². The van der Waals surface area contributed by atoms with E-state index in [1.54, 1.807) is 0 Å². The highest BCUT2D eigenvalue weighted by atomic mass is 79.9. The lowest BCUT2D eigenvalue weighted by molar-refractivity contribution is 0.213. The Labute approximate surface area is 122 Å². The van der Waals surface area contributed by atoms with Crippen molar-refractivity contribution in [1.29, 1.82) is 0 Å². The second kappa shape index (κ2) is 5.50. The number of rotatable bonds is 2. The number of benzene rings is 1. The normalized spacial score (nSPS) is 21.2. The van der Waals surface area contributed by atoms with Gasteiger partial charge in [-0.05, 0) is 36.0 Å². The second-order valence-electron chi connectivity index (χ2n) is 5.25. The van der Waals surface area contributed by atoms with Crippen LogP contribution in [0, 0.1) is 5.41 Å². The summed E-state index contributed by atoms with van der Waals surface area (Å²) in [6.45, 7) is 2.37. The summed E-state index contributed by atoms with van der Waals surface area (Å²) in [6, 6.07) is 5.95. The van der Waals surface area contributed by atoms with Crippen LogP contribution in [0.25, 0.3) is 0 Å². The van der Waals surface area contributed by atoms with Crippen LogP contribution in [-0.4, -0.2) is 0 Å². The third kappa shape index (κ3) is 3.00. The van der Waals surface area contributed by atoms with E-state index in [0.717, 1.165) is 0 Å². The fraction of sp³-hybridized carbons (Fsp3) is 0.571. The zero-order valence-electron chi connectivity index (χ0n) is 9.98. The van der Waals surface area contributed by atoms with Crippen molar-refractivity contribution >= 4 is 39.1 Å². The zero-order valence-corrected chi connectivity index (χ0v) is 13.1. The fourth-order valence-corrected chi connectivity index (χ4v) is 3.73. The summed E-state index contributed by atoms with van der Waals surface area (Å²) in [5.74, 6) is 0. The first-order valence-electron chi connectivity index (χ1n) is 6.12. The van der Waals surface area contributed by atoms with Crippen LogP contribution >= 0.6 is 39.1 Å². The van der Waals surface area contributed by atoms with Crippen molar-refractivity contribution in [3.05, 3.63) is 33.8 Å². The second-order valence-corrected chi connectivity index (χ2v) is 6.98. The van der Waals surface area contributed by atoms with Gasteiger partial charge in [0.2, 0.25) is 0 Å². The van der Waals surface area contributed by atoms with E-state index < -0.39 is 0 Å². The molecule has 0 spiro atoms. The molecule has 1 aliphatic rings. The fourth-order valence-electron chi connectivity index (χ4n) is 2.69. The average molecular weight is 336 g/mol. The molecule has 2 rings (SSSR count). The molecule has 94 valence electrons. The standard InChI is InChI=1S/C14H17BrCl2/c1-14(7-3-2-4-8-14)13(15)10-5-6-11(16)12(17)9-10/h5-6,9,13H,2-4,7-8H2,1H3. The number of hydrogen-bond acceptors (Lipinski definition) is 0. The number of halogens is 3. The van der Waals surface area contributed by atoms with Gasteiger partial charge in [-0.2, -0.15) is 0 Å². The van der Waals surface area contributed by atoms with Crippen LogP contribution < -0.4 is 0 Å². The van der Waals surface area contributed by atoms with Crippen LogP contribution in [0.5, 0.6) is 0 Å². The highest BCUT2D eigenvalue weighted by molar-refractivity contribution is 9.09. The quantitative estimate of drug-likeness (QED) is 0.548. The van der Waals surface area contributed by atoms with Crippen molar-refractivity contribution in [1.82, 2.24) is 0 Å². The Morgan fingerprint density at radius 3 is 2.35 bits per heavy atom. The molecule has 0 nitrogen and oxygen atoms in total. The molecule has 1 aliphatic carbocycles. The topological polar surface area (TPSA) is 0 Å². The third-order valence-electron chi connectivity index (χ3n) is 3.84. The lowest BCUT2D eigenvalue weighted by Crippen LogP contribution is -2.25. The molecule has 1 aromatic rings. The van der Waals surface area contributed by atoms with Crippen LogP contribution in [0.4, 0.5) is 0 Å². The monoisotopic (exact) mass is 334 g/mol. The molecule has 3 heteroatoms. The van der Waals surface area contributed by atoms with Crippen molar-refractivity contribution in [2.45, 2.75) is 43.9 Å². The molecule has 0 saturated heterocycles. The third-order valence-corrected chi connectivity index (χ3v) is 6.22. The first kappa shape index (κ1) is 13.7. The van der Waals surface area contributed by atoms with Gasteiger partial charge in [0.25, 0.3) is 0 Å². The molecule has 0 aliphatic heterocycles. The van der Waals surface area contributed by atoms with Crippen LogP contribution in [0.3, 0.4) is 0 Å². The Morgan fingerprint density at radius 1 is 1.12 bits per heavy atom. The van der Waals surface area contributed by atoms with Crippen LogP contribution in [-0.2, 0) is 0 Å². The summed E-state index contributed by atoms with van der Waals surface area (Å²) in [5, 5.41) is 1.27. The first-order chi connectivity index (χ1) is 8.03. The van der Waals surface area contributed by atoms with Gasteiger partial charge < -0.3 is 0 Å². The Hall–Kier alpha value is 0.280. The van der Waals surface area contributed by atoms with E-state index in [0.29, 0.717) is 20.3 Å². The maximum absolute atomic E-state index is 6.09. The Balaban J connectivity index is 2.23. The van der Waals surface area contributed by atoms with Gasteiger partial charge in [-0.25, -0.2) is 0 Å². The van der Waals surface area contributed by atoms with Gasteiger partial charge in [0.05, 0.1) is 10.0 Å². The van der Waals surface area contributed by atoms with Crippen molar-refractivity contribution < 1.29 is 0 Å². The summed E-state index contributed by atoms with van der Waals surface area (Å²) in [5.41, 5.74) is 1.58. The van der Waals surface area contributed by atoms with Crippen molar-refractivity contribution in [3.63, 3.8) is 0 Å². The maximum Gasteiger partial charge on any atom is 0.0595 e. The van der Waals surface area contributed by atoms with Crippen molar-refractivity contribution in [2.75, 3.05) is 0 Å². The minimum Gasteiger partial charge on any atom is -0.0833 e. The van der Waals surface area contributed by atoms with Crippen LogP contribution in [0.2, 0.25) is 10.0 Å². The average Bonchev–Trinajstić information content (AvgIpc) is 2.33. The molecule has 0 N–H and O–H groups in total. The molecular weight excluding hydrogens is 319 g/mol. The summed E-state index contributed by atoms with van der Waals surface area (Å²) in [4.78, 5) is 0.366. The summed E-state index contributed by atoms with van der Waals surface area (Å²) in [7, 11) is 0. The molecular formula is C14H17BrCl2. The Morgan fingerprint density at radius 2 is 1.76 bits per heavy atom. The van der Waals surface area contributed by atoms with E-state index >= 15 is 0 Å².